The largest absolute Gasteiger partial charge is 0.493 e. The highest BCUT2D eigenvalue weighted by Gasteiger charge is 2.24. The second kappa shape index (κ2) is 9.66. The van der Waals surface area contributed by atoms with Crippen LogP contribution in [-0.4, -0.2) is 54.1 Å². The van der Waals surface area contributed by atoms with Gasteiger partial charge >= 0.3 is 0 Å². The van der Waals surface area contributed by atoms with Crippen molar-refractivity contribution in [3.8, 4) is 11.5 Å². The minimum atomic E-state index is -0.0313. The molecule has 0 spiro atoms. The first kappa shape index (κ1) is 20.9. The van der Waals surface area contributed by atoms with Crippen LogP contribution in [-0.2, 0) is 6.61 Å². The summed E-state index contributed by atoms with van der Waals surface area (Å²) in [4.78, 5) is 25.5. The zero-order valence-electron chi connectivity index (χ0n) is 17.2. The standard InChI is InChI=1S/C23H23ClN4O3/c1-30-21-15-18(5-8-20(21)31-16-17-3-6-19(24)7-4-17)22(29)27-11-13-28(14-12-27)23-25-9-2-10-26-23/h2-10,15H,11-14,16H2,1H3. The molecule has 1 aromatic heterocycles. The van der Waals surface area contributed by atoms with Crippen LogP contribution in [0.25, 0.3) is 0 Å². The number of hydrogen-bond donors (Lipinski definition) is 0. The van der Waals surface area contributed by atoms with Crippen molar-refractivity contribution in [2.75, 3.05) is 38.2 Å². The van der Waals surface area contributed by atoms with Crippen LogP contribution in [0.3, 0.4) is 0 Å². The number of ether oxygens (including phenoxy) is 2. The second-order valence-corrected chi connectivity index (χ2v) is 7.55. The lowest BCUT2D eigenvalue weighted by atomic mass is 10.1. The summed E-state index contributed by atoms with van der Waals surface area (Å²) in [6, 6.07) is 14.5. The maximum atomic E-state index is 13.0. The van der Waals surface area contributed by atoms with Gasteiger partial charge in [-0.3, -0.25) is 4.79 Å². The first-order valence-corrected chi connectivity index (χ1v) is 10.4. The first-order chi connectivity index (χ1) is 15.1. The smallest absolute Gasteiger partial charge is 0.254 e. The fourth-order valence-corrected chi connectivity index (χ4v) is 3.53. The van der Waals surface area contributed by atoms with E-state index in [9.17, 15) is 4.79 Å². The van der Waals surface area contributed by atoms with Crippen LogP contribution in [0.5, 0.6) is 11.5 Å². The normalized spacial score (nSPS) is 13.7. The molecule has 3 aromatic rings. The highest BCUT2D eigenvalue weighted by atomic mass is 35.5. The van der Waals surface area contributed by atoms with Crippen LogP contribution in [0.2, 0.25) is 5.02 Å². The number of nitrogens with zero attached hydrogens (tertiary/aromatic N) is 4. The molecule has 0 aliphatic carbocycles. The summed E-state index contributed by atoms with van der Waals surface area (Å²) in [5.74, 6) is 1.77. The molecule has 0 radical (unpaired) electrons. The molecule has 1 saturated heterocycles. The van der Waals surface area contributed by atoms with E-state index in [1.54, 1.807) is 43.8 Å². The summed E-state index contributed by atoms with van der Waals surface area (Å²) >= 11 is 5.92. The third kappa shape index (κ3) is 5.06. The van der Waals surface area contributed by atoms with Crippen molar-refractivity contribution < 1.29 is 14.3 Å². The van der Waals surface area contributed by atoms with Gasteiger partial charge in [0.15, 0.2) is 11.5 Å². The summed E-state index contributed by atoms with van der Waals surface area (Å²) in [5, 5.41) is 0.682. The Morgan fingerprint density at radius 1 is 1.00 bits per heavy atom. The SMILES string of the molecule is COc1cc(C(=O)N2CCN(c3ncccn3)CC2)ccc1OCc1ccc(Cl)cc1. The zero-order chi connectivity index (χ0) is 21.6. The van der Waals surface area contributed by atoms with Crippen molar-refractivity contribution in [2.45, 2.75) is 6.61 Å². The number of aromatic nitrogens is 2. The van der Waals surface area contributed by atoms with E-state index in [4.69, 9.17) is 21.1 Å². The number of hydrogen-bond acceptors (Lipinski definition) is 6. The Balaban J connectivity index is 1.39. The molecule has 0 unspecified atom stereocenters. The van der Waals surface area contributed by atoms with Gasteiger partial charge in [-0.25, -0.2) is 9.97 Å². The van der Waals surface area contributed by atoms with E-state index in [0.717, 1.165) is 5.56 Å². The Morgan fingerprint density at radius 2 is 1.71 bits per heavy atom. The number of benzene rings is 2. The van der Waals surface area contributed by atoms with Crippen LogP contribution >= 0.6 is 11.6 Å². The van der Waals surface area contributed by atoms with Gasteiger partial charge in [0, 0.05) is 49.2 Å². The topological polar surface area (TPSA) is 67.8 Å². The van der Waals surface area contributed by atoms with E-state index in [1.165, 1.54) is 0 Å². The van der Waals surface area contributed by atoms with Gasteiger partial charge in [-0.1, -0.05) is 23.7 Å². The Bertz CT molecular complexity index is 1020. The lowest BCUT2D eigenvalue weighted by Gasteiger charge is -2.34. The van der Waals surface area contributed by atoms with Crippen LogP contribution in [0, 0.1) is 0 Å². The molecular weight excluding hydrogens is 416 g/mol. The molecule has 2 aromatic carbocycles. The van der Waals surface area contributed by atoms with Crippen molar-refractivity contribution in [2.24, 2.45) is 0 Å². The molecule has 4 rings (SSSR count). The quantitative estimate of drug-likeness (QED) is 0.584. The highest BCUT2D eigenvalue weighted by Crippen LogP contribution is 2.29. The fourth-order valence-electron chi connectivity index (χ4n) is 3.41. The predicted molar refractivity (Wildman–Crippen MR) is 119 cm³/mol. The molecule has 31 heavy (non-hydrogen) atoms. The van der Waals surface area contributed by atoms with E-state index in [1.807, 2.05) is 29.2 Å². The number of carbonyl (C=O) groups is 1. The molecule has 0 saturated carbocycles. The number of anilines is 1. The maximum absolute atomic E-state index is 13.0. The number of rotatable bonds is 6. The van der Waals surface area contributed by atoms with E-state index >= 15 is 0 Å². The van der Waals surface area contributed by atoms with Gasteiger partial charge in [0.1, 0.15) is 6.61 Å². The Kier molecular flexibility index (Phi) is 6.52. The first-order valence-electron chi connectivity index (χ1n) is 10.0. The average Bonchev–Trinajstić information content (AvgIpc) is 2.84. The third-order valence-electron chi connectivity index (χ3n) is 5.12. The lowest BCUT2D eigenvalue weighted by molar-refractivity contribution is 0.0745. The molecule has 7 nitrogen and oxygen atoms in total. The van der Waals surface area contributed by atoms with Gasteiger partial charge in [0.25, 0.3) is 5.91 Å². The van der Waals surface area contributed by atoms with Gasteiger partial charge in [0.2, 0.25) is 5.95 Å². The third-order valence-corrected chi connectivity index (χ3v) is 5.37. The van der Waals surface area contributed by atoms with Gasteiger partial charge in [-0.05, 0) is 42.0 Å². The lowest BCUT2D eigenvalue weighted by Crippen LogP contribution is -2.49. The van der Waals surface area contributed by atoms with Gasteiger partial charge in [0.05, 0.1) is 7.11 Å². The Morgan fingerprint density at radius 3 is 2.39 bits per heavy atom. The van der Waals surface area contributed by atoms with Crippen molar-refractivity contribution >= 4 is 23.5 Å². The van der Waals surface area contributed by atoms with E-state index in [-0.39, 0.29) is 5.91 Å². The summed E-state index contributed by atoms with van der Waals surface area (Å²) < 4.78 is 11.3. The molecule has 1 fully saturated rings. The monoisotopic (exact) mass is 438 g/mol. The number of piperazine rings is 1. The minimum Gasteiger partial charge on any atom is -0.493 e. The predicted octanol–water partition coefficient (Wildman–Crippen LogP) is 3.68. The Hall–Kier alpha value is -3.32. The maximum Gasteiger partial charge on any atom is 0.254 e. The van der Waals surface area contributed by atoms with E-state index < -0.39 is 0 Å². The molecule has 8 heteroatoms. The zero-order valence-corrected chi connectivity index (χ0v) is 18.0. The van der Waals surface area contributed by atoms with Crippen molar-refractivity contribution in [3.63, 3.8) is 0 Å². The number of amides is 1. The van der Waals surface area contributed by atoms with Crippen LogP contribution in [0.4, 0.5) is 5.95 Å². The summed E-state index contributed by atoms with van der Waals surface area (Å²) in [6.07, 6.45) is 3.45. The van der Waals surface area contributed by atoms with Crippen molar-refractivity contribution in [1.82, 2.24) is 14.9 Å². The average molecular weight is 439 g/mol. The molecule has 1 aliphatic heterocycles. The number of methoxy groups -OCH3 is 1. The van der Waals surface area contributed by atoms with Crippen molar-refractivity contribution in [1.29, 1.82) is 0 Å². The van der Waals surface area contributed by atoms with E-state index in [2.05, 4.69) is 14.9 Å². The molecular formula is C23H23ClN4O3. The van der Waals surface area contributed by atoms with E-state index in [0.29, 0.717) is 60.8 Å². The number of halogens is 1. The van der Waals surface area contributed by atoms with Crippen LogP contribution in [0.15, 0.2) is 60.9 Å². The number of carbonyl (C=O) groups excluding carboxylic acids is 1. The summed E-state index contributed by atoms with van der Waals surface area (Å²) in [6.45, 7) is 2.97. The molecule has 1 aliphatic rings. The highest BCUT2D eigenvalue weighted by molar-refractivity contribution is 6.30. The summed E-state index contributed by atoms with van der Waals surface area (Å²) in [7, 11) is 1.57. The molecule has 0 bridgehead atoms. The van der Waals surface area contributed by atoms with Crippen LogP contribution in [0.1, 0.15) is 15.9 Å². The molecule has 1 amide bonds. The summed E-state index contributed by atoms with van der Waals surface area (Å²) in [5.41, 5.74) is 1.56. The Labute approximate surface area is 186 Å². The molecule has 2 heterocycles. The minimum absolute atomic E-state index is 0.0313. The van der Waals surface area contributed by atoms with Crippen molar-refractivity contribution in [3.05, 3.63) is 77.1 Å². The van der Waals surface area contributed by atoms with Gasteiger partial charge in [-0.15, -0.1) is 0 Å². The van der Waals surface area contributed by atoms with Gasteiger partial charge < -0.3 is 19.3 Å². The molecule has 0 atom stereocenters. The second-order valence-electron chi connectivity index (χ2n) is 7.11. The van der Waals surface area contributed by atoms with Crippen LogP contribution < -0.4 is 14.4 Å². The fraction of sp³-hybridized carbons (Fsp3) is 0.261. The van der Waals surface area contributed by atoms with Gasteiger partial charge in [-0.2, -0.15) is 0 Å². The molecule has 160 valence electrons. The molecule has 0 N–H and O–H groups in total.